The van der Waals surface area contributed by atoms with Crippen LogP contribution in [0.1, 0.15) is 39.0 Å². The summed E-state index contributed by atoms with van der Waals surface area (Å²) in [6.07, 6.45) is 7.45. The van der Waals surface area contributed by atoms with Gasteiger partial charge >= 0.3 is 5.97 Å². The van der Waals surface area contributed by atoms with E-state index in [9.17, 15) is 14.4 Å². The molecule has 0 bridgehead atoms. The summed E-state index contributed by atoms with van der Waals surface area (Å²) in [7, 11) is 0. The zero-order valence-corrected chi connectivity index (χ0v) is 14.4. The van der Waals surface area contributed by atoms with Crippen LogP contribution in [0.4, 0.5) is 11.4 Å². The third-order valence-corrected chi connectivity index (χ3v) is 4.03. The molecular weight excluding hydrogens is 320 g/mol. The summed E-state index contributed by atoms with van der Waals surface area (Å²) in [5, 5.41) is 5.56. The van der Waals surface area contributed by atoms with Crippen LogP contribution in [0.3, 0.4) is 0 Å². The van der Waals surface area contributed by atoms with E-state index >= 15 is 0 Å². The smallest absolute Gasteiger partial charge is 0.330 e. The largest absolute Gasteiger partial charge is 0.463 e. The Hall–Kier alpha value is -2.63. The second-order valence-electron chi connectivity index (χ2n) is 5.98. The molecule has 0 aromatic heterocycles. The lowest BCUT2D eigenvalue weighted by Gasteiger charge is -2.20. The van der Waals surface area contributed by atoms with Crippen molar-refractivity contribution in [1.82, 2.24) is 0 Å². The predicted octanol–water partition coefficient (Wildman–Crippen LogP) is 3.26. The van der Waals surface area contributed by atoms with E-state index in [2.05, 4.69) is 10.6 Å². The summed E-state index contributed by atoms with van der Waals surface area (Å²) in [6, 6.07) is 6.94. The quantitative estimate of drug-likeness (QED) is 0.613. The van der Waals surface area contributed by atoms with E-state index in [1.165, 1.54) is 6.42 Å². The summed E-state index contributed by atoms with van der Waals surface area (Å²) in [5.74, 6) is -0.903. The Balaban J connectivity index is 1.90. The van der Waals surface area contributed by atoms with Crippen molar-refractivity contribution in [2.24, 2.45) is 5.92 Å². The number of ether oxygens (including phenoxy) is 1. The van der Waals surface area contributed by atoms with E-state index in [4.69, 9.17) is 4.74 Å². The average Bonchev–Trinajstić information content (AvgIpc) is 2.61. The Morgan fingerprint density at radius 3 is 2.44 bits per heavy atom. The van der Waals surface area contributed by atoms with E-state index < -0.39 is 11.9 Å². The molecule has 0 radical (unpaired) electrons. The van der Waals surface area contributed by atoms with E-state index in [0.717, 1.165) is 37.8 Å². The van der Waals surface area contributed by atoms with Crippen LogP contribution in [0.5, 0.6) is 0 Å². The fraction of sp³-hybridized carbons (Fsp3) is 0.421. The van der Waals surface area contributed by atoms with Gasteiger partial charge in [-0.2, -0.15) is 0 Å². The molecule has 1 saturated carbocycles. The molecule has 1 aromatic carbocycles. The molecule has 1 aliphatic rings. The number of benzene rings is 1. The van der Waals surface area contributed by atoms with Crippen molar-refractivity contribution in [3.05, 3.63) is 36.4 Å². The lowest BCUT2D eigenvalue weighted by atomic mass is 9.88. The summed E-state index contributed by atoms with van der Waals surface area (Å²) < 4.78 is 4.71. The number of carbonyl (C=O) groups excluding carboxylic acids is 3. The van der Waals surface area contributed by atoms with Gasteiger partial charge in [0.2, 0.25) is 11.8 Å². The fourth-order valence-electron chi connectivity index (χ4n) is 2.80. The van der Waals surface area contributed by atoms with E-state index in [0.29, 0.717) is 11.4 Å². The maximum atomic E-state index is 12.3. The van der Waals surface area contributed by atoms with Crippen LogP contribution in [0, 0.1) is 5.92 Å². The molecule has 0 atom stereocenters. The predicted molar refractivity (Wildman–Crippen MR) is 96.0 cm³/mol. The van der Waals surface area contributed by atoms with Gasteiger partial charge in [-0.3, -0.25) is 9.59 Å². The summed E-state index contributed by atoms with van der Waals surface area (Å²) >= 11 is 0. The molecule has 6 nitrogen and oxygen atoms in total. The van der Waals surface area contributed by atoms with Crippen molar-refractivity contribution in [3.63, 3.8) is 0 Å². The second kappa shape index (κ2) is 9.61. The van der Waals surface area contributed by atoms with Crippen molar-refractivity contribution >= 4 is 29.2 Å². The molecule has 1 fully saturated rings. The first-order valence-corrected chi connectivity index (χ1v) is 8.65. The highest BCUT2D eigenvalue weighted by atomic mass is 16.5. The standard InChI is InChI=1S/C19H24N2O4/c1-2-25-18(23)12-11-17(22)20-15-9-6-10-16(13-15)21-19(24)14-7-4-3-5-8-14/h6,9-14H,2-5,7-8H2,1H3,(H,20,22)(H,21,24)/b12-11+. The monoisotopic (exact) mass is 344 g/mol. The zero-order valence-electron chi connectivity index (χ0n) is 14.4. The van der Waals surface area contributed by atoms with Crippen LogP contribution in [-0.4, -0.2) is 24.4 Å². The maximum Gasteiger partial charge on any atom is 0.330 e. The average molecular weight is 344 g/mol. The topological polar surface area (TPSA) is 84.5 Å². The highest BCUT2D eigenvalue weighted by Crippen LogP contribution is 2.25. The van der Waals surface area contributed by atoms with Gasteiger partial charge in [0.25, 0.3) is 0 Å². The zero-order chi connectivity index (χ0) is 18.1. The Bertz CT molecular complexity index is 649. The summed E-state index contributed by atoms with van der Waals surface area (Å²) in [6.45, 7) is 1.95. The van der Waals surface area contributed by atoms with Gasteiger partial charge < -0.3 is 15.4 Å². The summed E-state index contributed by atoms with van der Waals surface area (Å²) in [5.41, 5.74) is 1.18. The number of hydrogen-bond donors (Lipinski definition) is 2. The number of amides is 2. The summed E-state index contributed by atoms with van der Waals surface area (Å²) in [4.78, 5) is 35.3. The first-order chi connectivity index (χ1) is 12.1. The molecule has 1 aromatic rings. The highest BCUT2D eigenvalue weighted by Gasteiger charge is 2.21. The minimum Gasteiger partial charge on any atom is -0.463 e. The minimum atomic E-state index is -0.564. The number of anilines is 2. The van der Waals surface area contributed by atoms with Gasteiger partial charge in [-0.05, 0) is 38.0 Å². The van der Waals surface area contributed by atoms with E-state index in [1.807, 2.05) is 0 Å². The van der Waals surface area contributed by atoms with Gasteiger partial charge in [0.05, 0.1) is 6.61 Å². The number of rotatable bonds is 6. The molecule has 134 valence electrons. The molecule has 2 amide bonds. The molecule has 0 aliphatic heterocycles. The third-order valence-electron chi connectivity index (χ3n) is 4.03. The van der Waals surface area contributed by atoms with Crippen molar-refractivity contribution in [2.75, 3.05) is 17.2 Å². The van der Waals surface area contributed by atoms with Gasteiger partial charge in [-0.25, -0.2) is 4.79 Å². The third kappa shape index (κ3) is 6.41. The molecule has 0 spiro atoms. The van der Waals surface area contributed by atoms with Crippen molar-refractivity contribution in [1.29, 1.82) is 0 Å². The van der Waals surface area contributed by atoms with Crippen LogP contribution in [0.25, 0.3) is 0 Å². The minimum absolute atomic E-state index is 0.0328. The van der Waals surface area contributed by atoms with Crippen LogP contribution in [0.2, 0.25) is 0 Å². The fourth-order valence-corrected chi connectivity index (χ4v) is 2.80. The Morgan fingerprint density at radius 1 is 1.08 bits per heavy atom. The second-order valence-corrected chi connectivity index (χ2v) is 5.98. The normalized spacial score (nSPS) is 14.9. The molecule has 6 heteroatoms. The molecule has 0 saturated heterocycles. The Kier molecular flexibility index (Phi) is 7.19. The first-order valence-electron chi connectivity index (χ1n) is 8.65. The molecule has 0 unspecified atom stereocenters. The number of esters is 1. The van der Waals surface area contributed by atoms with Crippen molar-refractivity contribution in [3.8, 4) is 0 Å². The number of hydrogen-bond acceptors (Lipinski definition) is 4. The molecule has 0 heterocycles. The highest BCUT2D eigenvalue weighted by molar-refractivity contribution is 6.03. The SMILES string of the molecule is CCOC(=O)/C=C/C(=O)Nc1cccc(NC(=O)C2CCCCC2)c1. The van der Waals surface area contributed by atoms with E-state index in [-0.39, 0.29) is 18.4 Å². The lowest BCUT2D eigenvalue weighted by Crippen LogP contribution is -2.24. The van der Waals surface area contributed by atoms with Gasteiger partial charge in [-0.1, -0.05) is 25.3 Å². The molecule has 2 N–H and O–H groups in total. The van der Waals surface area contributed by atoms with Crippen LogP contribution in [-0.2, 0) is 19.1 Å². The molecule has 2 rings (SSSR count). The first kappa shape index (κ1) is 18.7. The van der Waals surface area contributed by atoms with E-state index in [1.54, 1.807) is 31.2 Å². The van der Waals surface area contributed by atoms with Crippen molar-refractivity contribution < 1.29 is 19.1 Å². The Morgan fingerprint density at radius 2 is 1.76 bits per heavy atom. The van der Waals surface area contributed by atoms with Gasteiger partial charge in [0, 0.05) is 29.4 Å². The number of nitrogens with one attached hydrogen (secondary N) is 2. The molecule has 25 heavy (non-hydrogen) atoms. The number of carbonyl (C=O) groups is 3. The molecular formula is C19H24N2O4. The van der Waals surface area contributed by atoms with Gasteiger partial charge in [0.1, 0.15) is 0 Å². The Labute approximate surface area is 147 Å². The lowest BCUT2D eigenvalue weighted by molar-refractivity contribution is -0.137. The van der Waals surface area contributed by atoms with Gasteiger partial charge in [-0.15, -0.1) is 0 Å². The van der Waals surface area contributed by atoms with Crippen molar-refractivity contribution in [2.45, 2.75) is 39.0 Å². The van der Waals surface area contributed by atoms with Gasteiger partial charge in [0.15, 0.2) is 0 Å². The van der Waals surface area contributed by atoms with Crippen LogP contribution in [0.15, 0.2) is 36.4 Å². The van der Waals surface area contributed by atoms with Crippen LogP contribution < -0.4 is 10.6 Å². The molecule has 1 aliphatic carbocycles. The maximum absolute atomic E-state index is 12.3. The van der Waals surface area contributed by atoms with Crippen LogP contribution >= 0.6 is 0 Å².